The lowest BCUT2D eigenvalue weighted by Gasteiger charge is -2.09. The molecule has 29 heavy (non-hydrogen) atoms. The molecule has 146 valence electrons. The van der Waals surface area contributed by atoms with Gasteiger partial charge >= 0.3 is 0 Å². The van der Waals surface area contributed by atoms with Gasteiger partial charge in [0.1, 0.15) is 0 Å². The molecule has 0 aliphatic carbocycles. The van der Waals surface area contributed by atoms with E-state index in [1.807, 2.05) is 18.4 Å². The number of halogens is 1. The molecule has 0 aromatic heterocycles. The molecule has 0 saturated carbocycles. The molecule has 0 amide bonds. The molecule has 0 fully saturated rings. The molecule has 5 rings (SSSR count). The maximum Gasteiger partial charge on any atom is 0.0367 e. The zero-order chi connectivity index (χ0) is 20.1. The third-order valence-electron chi connectivity index (χ3n) is 5.42. The summed E-state index contributed by atoms with van der Waals surface area (Å²) in [4.78, 5) is 0. The molecule has 0 bridgehead atoms. The van der Waals surface area contributed by atoms with Crippen molar-refractivity contribution in [2.75, 3.05) is 0 Å². The van der Waals surface area contributed by atoms with E-state index < -0.39 is 0 Å². The molecule has 0 saturated heterocycles. The van der Waals surface area contributed by atoms with E-state index >= 15 is 0 Å². The van der Waals surface area contributed by atoms with Crippen molar-refractivity contribution in [3.63, 3.8) is 0 Å². The summed E-state index contributed by atoms with van der Waals surface area (Å²) in [6.45, 7) is 2.23. The summed E-state index contributed by atoms with van der Waals surface area (Å²) in [5.41, 5.74) is 1.29. The van der Waals surface area contributed by atoms with Gasteiger partial charge in [0.05, 0.1) is 0 Å². The average Bonchev–Trinajstić information content (AvgIpc) is 2.97. The fraction of sp³-hybridized carbons (Fsp3) is 0.185. The van der Waals surface area contributed by atoms with E-state index in [4.69, 9.17) is 0 Å². The van der Waals surface area contributed by atoms with E-state index in [2.05, 4.69) is 94.9 Å². The smallest absolute Gasteiger partial charge is 0.0367 e. The molecule has 1 heterocycles. The van der Waals surface area contributed by atoms with Crippen molar-refractivity contribution in [2.45, 2.75) is 32.6 Å². The molecule has 1 N–H and O–H groups in total. The quantitative estimate of drug-likeness (QED) is 0.246. The molecule has 0 spiro atoms. The van der Waals surface area contributed by atoms with Crippen LogP contribution in [-0.4, -0.2) is 0 Å². The van der Waals surface area contributed by atoms with Gasteiger partial charge in [0.25, 0.3) is 0 Å². The van der Waals surface area contributed by atoms with Crippen molar-refractivity contribution in [3.05, 3.63) is 95.3 Å². The molecule has 0 radical (unpaired) electrons. The van der Waals surface area contributed by atoms with Crippen molar-refractivity contribution >= 4 is 48.2 Å². The van der Waals surface area contributed by atoms with Crippen molar-refractivity contribution in [1.29, 1.82) is 0 Å². The Kier molecular flexibility index (Phi) is 6.31. The molecular formula is C27H26BrN. The van der Waals surface area contributed by atoms with Crippen LogP contribution in [0.4, 0.5) is 0 Å². The molecule has 4 aromatic rings. The van der Waals surface area contributed by atoms with Crippen molar-refractivity contribution in [1.82, 2.24) is 5.32 Å². The summed E-state index contributed by atoms with van der Waals surface area (Å²) in [6, 6.07) is 21.9. The van der Waals surface area contributed by atoms with Gasteiger partial charge in [-0.2, -0.15) is 0 Å². The third kappa shape index (κ3) is 4.38. The van der Waals surface area contributed by atoms with Crippen LogP contribution >= 0.6 is 15.9 Å². The topological polar surface area (TPSA) is 12.0 Å². The number of unbranched alkanes of at least 4 members (excludes halogenated alkanes) is 2. The van der Waals surface area contributed by atoms with E-state index in [0.717, 1.165) is 6.42 Å². The highest BCUT2D eigenvalue weighted by atomic mass is 79.9. The van der Waals surface area contributed by atoms with Crippen LogP contribution in [0.15, 0.2) is 95.3 Å². The van der Waals surface area contributed by atoms with Crippen LogP contribution in [0.3, 0.4) is 0 Å². The molecule has 0 unspecified atom stereocenters. The first-order chi connectivity index (χ1) is 14.3. The minimum Gasteiger partial charge on any atom is -0.364 e. The highest BCUT2D eigenvalue weighted by Gasteiger charge is 2.06. The van der Waals surface area contributed by atoms with Gasteiger partial charge in [-0.05, 0) is 73.2 Å². The Balaban J connectivity index is 0.000000146. The summed E-state index contributed by atoms with van der Waals surface area (Å²) >= 11 is 3.55. The van der Waals surface area contributed by atoms with Gasteiger partial charge in [-0.1, -0.05) is 86.5 Å². The Labute approximate surface area is 181 Å². The number of benzene rings is 4. The first kappa shape index (κ1) is 19.7. The van der Waals surface area contributed by atoms with Gasteiger partial charge in [-0.3, -0.25) is 0 Å². The second-order valence-corrected chi connectivity index (χ2v) is 8.29. The molecule has 1 nitrogen and oxygen atoms in total. The monoisotopic (exact) mass is 443 g/mol. The van der Waals surface area contributed by atoms with Crippen molar-refractivity contribution < 1.29 is 0 Å². The number of rotatable bonds is 4. The fourth-order valence-corrected chi connectivity index (χ4v) is 4.39. The standard InChI is InChI=1S/C16H10.C11H16BrN/c1-3-11-7-9-13-5-2-6-14-10-8-12(4-1)15(11)16(13)14;1-2-3-4-8-11-10(12)7-5-6-9-13-11/h1-10H;5-7,9,13H,2-4,8H2,1H3. The predicted molar refractivity (Wildman–Crippen MR) is 132 cm³/mol. The average molecular weight is 444 g/mol. The minimum absolute atomic E-state index is 1.13. The largest absolute Gasteiger partial charge is 0.364 e. The van der Waals surface area contributed by atoms with E-state index in [1.54, 1.807) is 0 Å². The molecule has 4 aromatic carbocycles. The van der Waals surface area contributed by atoms with E-state index in [1.165, 1.54) is 61.8 Å². The van der Waals surface area contributed by atoms with E-state index in [-0.39, 0.29) is 0 Å². The van der Waals surface area contributed by atoms with Gasteiger partial charge < -0.3 is 5.32 Å². The van der Waals surface area contributed by atoms with Gasteiger partial charge in [0, 0.05) is 16.4 Å². The molecular weight excluding hydrogens is 418 g/mol. The lowest BCUT2D eigenvalue weighted by molar-refractivity contribution is 0.695. The zero-order valence-corrected chi connectivity index (χ0v) is 18.4. The Morgan fingerprint density at radius 3 is 1.79 bits per heavy atom. The van der Waals surface area contributed by atoms with Crippen LogP contribution in [0, 0.1) is 0 Å². The predicted octanol–water partition coefficient (Wildman–Crippen LogP) is 8.43. The van der Waals surface area contributed by atoms with Crippen LogP contribution in [0.5, 0.6) is 0 Å². The first-order valence-electron chi connectivity index (χ1n) is 10.4. The first-order valence-corrected chi connectivity index (χ1v) is 11.2. The van der Waals surface area contributed by atoms with Gasteiger partial charge in [0.2, 0.25) is 0 Å². The van der Waals surface area contributed by atoms with E-state index in [0.29, 0.717) is 0 Å². The number of hydrogen-bond donors (Lipinski definition) is 1. The summed E-state index contributed by atoms with van der Waals surface area (Å²) in [7, 11) is 0. The summed E-state index contributed by atoms with van der Waals surface area (Å²) < 4.78 is 1.17. The molecule has 1 aliphatic heterocycles. The van der Waals surface area contributed by atoms with E-state index in [9.17, 15) is 0 Å². The fourth-order valence-electron chi connectivity index (χ4n) is 3.93. The van der Waals surface area contributed by atoms with Gasteiger partial charge in [-0.25, -0.2) is 0 Å². The van der Waals surface area contributed by atoms with Crippen molar-refractivity contribution in [3.8, 4) is 0 Å². The summed E-state index contributed by atoms with van der Waals surface area (Å²) in [5.74, 6) is 0. The Bertz CT molecular complexity index is 1070. The summed E-state index contributed by atoms with van der Waals surface area (Å²) in [5, 5.41) is 11.4. The SMILES string of the molecule is CCCCCC1=C(Br)C=CC=CN1.c1cc2ccc3cccc4ccc(c1)c2c34. The maximum atomic E-state index is 3.55. The number of hydrogen-bond acceptors (Lipinski definition) is 1. The highest BCUT2D eigenvalue weighted by Crippen LogP contribution is 2.33. The van der Waals surface area contributed by atoms with Crippen LogP contribution < -0.4 is 5.32 Å². The minimum atomic E-state index is 1.13. The number of nitrogens with one attached hydrogen (secondary N) is 1. The Morgan fingerprint density at radius 1 is 0.724 bits per heavy atom. The summed E-state index contributed by atoms with van der Waals surface area (Å²) in [6.07, 6.45) is 13.1. The lowest BCUT2D eigenvalue weighted by atomic mass is 9.95. The molecule has 0 atom stereocenters. The van der Waals surface area contributed by atoms with Crippen molar-refractivity contribution in [2.24, 2.45) is 0 Å². The van der Waals surface area contributed by atoms with Gasteiger partial charge in [-0.15, -0.1) is 0 Å². The second kappa shape index (κ2) is 9.28. The molecule has 1 aliphatic rings. The molecule has 2 heteroatoms. The van der Waals surface area contributed by atoms with Crippen LogP contribution in [0.2, 0.25) is 0 Å². The third-order valence-corrected chi connectivity index (χ3v) is 6.16. The Morgan fingerprint density at radius 2 is 1.28 bits per heavy atom. The van der Waals surface area contributed by atoms with Gasteiger partial charge in [0.15, 0.2) is 0 Å². The maximum absolute atomic E-state index is 3.55. The number of allylic oxidation sites excluding steroid dienone is 5. The van der Waals surface area contributed by atoms with Crippen LogP contribution in [-0.2, 0) is 0 Å². The lowest BCUT2D eigenvalue weighted by Crippen LogP contribution is -2.05. The zero-order valence-electron chi connectivity index (χ0n) is 16.8. The highest BCUT2D eigenvalue weighted by molar-refractivity contribution is 9.11. The van der Waals surface area contributed by atoms with Crippen LogP contribution in [0.25, 0.3) is 32.3 Å². The normalized spacial score (nSPS) is 13.6. The van der Waals surface area contributed by atoms with Crippen LogP contribution in [0.1, 0.15) is 32.6 Å². The second-order valence-electron chi connectivity index (χ2n) is 7.44. The Hall–Kier alpha value is -2.58.